The van der Waals surface area contributed by atoms with Crippen molar-refractivity contribution in [2.75, 3.05) is 45.8 Å². The molecule has 7 nitrogen and oxygen atoms in total. The SMILES string of the molecule is CC(C)C(=O)N1C[C@H]2CN(C(=O)NCCc3ccccc3)C[C@@]2(C(=O)N2CCCC2)C1. The van der Waals surface area contributed by atoms with Crippen LogP contribution < -0.4 is 5.32 Å². The summed E-state index contributed by atoms with van der Waals surface area (Å²) in [6.07, 6.45) is 2.84. The minimum Gasteiger partial charge on any atom is -0.342 e. The van der Waals surface area contributed by atoms with Crippen molar-refractivity contribution in [2.24, 2.45) is 17.3 Å². The number of urea groups is 1. The Kier molecular flexibility index (Phi) is 6.21. The van der Waals surface area contributed by atoms with E-state index in [0.717, 1.165) is 32.4 Å². The molecule has 3 fully saturated rings. The zero-order valence-electron chi connectivity index (χ0n) is 18.7. The fourth-order valence-corrected chi connectivity index (χ4v) is 5.36. The number of likely N-dealkylation sites (tertiary alicyclic amines) is 3. The number of carbonyl (C=O) groups excluding carboxylic acids is 3. The van der Waals surface area contributed by atoms with Gasteiger partial charge in [0, 0.05) is 57.6 Å². The number of carbonyl (C=O) groups is 3. The predicted octanol–water partition coefficient (Wildman–Crippen LogP) is 1.98. The van der Waals surface area contributed by atoms with Gasteiger partial charge in [-0.25, -0.2) is 4.79 Å². The number of hydrogen-bond acceptors (Lipinski definition) is 3. The molecule has 0 aliphatic carbocycles. The maximum Gasteiger partial charge on any atom is 0.317 e. The van der Waals surface area contributed by atoms with Gasteiger partial charge in [-0.05, 0) is 24.8 Å². The van der Waals surface area contributed by atoms with E-state index in [2.05, 4.69) is 17.4 Å². The number of nitrogens with zero attached hydrogens (tertiary/aromatic N) is 3. The van der Waals surface area contributed by atoms with Crippen LogP contribution in [0, 0.1) is 17.3 Å². The van der Waals surface area contributed by atoms with Crippen LogP contribution in [-0.4, -0.2) is 78.4 Å². The molecule has 0 radical (unpaired) electrons. The Labute approximate surface area is 184 Å². The lowest BCUT2D eigenvalue weighted by molar-refractivity contribution is -0.141. The van der Waals surface area contributed by atoms with Crippen LogP contribution in [0.25, 0.3) is 0 Å². The van der Waals surface area contributed by atoms with Gasteiger partial charge in [0.25, 0.3) is 0 Å². The van der Waals surface area contributed by atoms with Gasteiger partial charge in [0.15, 0.2) is 0 Å². The standard InChI is InChI=1S/C24H34N4O3/c1-18(2)21(29)27-14-20-15-28(23(31)25-11-10-19-8-4-3-5-9-19)17-24(20,16-27)22(30)26-12-6-7-13-26/h3-5,8-9,18,20H,6-7,10-17H2,1-2H3,(H,25,31)/t20-,24-/m0/s1. The summed E-state index contributed by atoms with van der Waals surface area (Å²) in [5, 5.41) is 3.02. The lowest BCUT2D eigenvalue weighted by Gasteiger charge is -2.32. The number of fused-ring (bicyclic) bond motifs is 1. The van der Waals surface area contributed by atoms with Gasteiger partial charge in [0.05, 0.1) is 5.41 Å². The van der Waals surface area contributed by atoms with Gasteiger partial charge in [0.2, 0.25) is 11.8 Å². The van der Waals surface area contributed by atoms with E-state index in [1.807, 2.05) is 41.8 Å². The van der Waals surface area contributed by atoms with Crippen molar-refractivity contribution in [1.29, 1.82) is 0 Å². The number of hydrogen-bond donors (Lipinski definition) is 1. The first-order valence-corrected chi connectivity index (χ1v) is 11.6. The van der Waals surface area contributed by atoms with Crippen molar-refractivity contribution in [1.82, 2.24) is 20.0 Å². The van der Waals surface area contributed by atoms with E-state index in [9.17, 15) is 14.4 Å². The van der Waals surface area contributed by atoms with Gasteiger partial charge in [-0.1, -0.05) is 44.2 Å². The second kappa shape index (κ2) is 8.89. The third-order valence-electron chi connectivity index (χ3n) is 7.05. The van der Waals surface area contributed by atoms with Crippen LogP contribution in [0.1, 0.15) is 32.3 Å². The topological polar surface area (TPSA) is 73.0 Å². The summed E-state index contributed by atoms with van der Waals surface area (Å²) in [6, 6.07) is 9.97. The molecule has 0 bridgehead atoms. The van der Waals surface area contributed by atoms with E-state index in [0.29, 0.717) is 32.7 Å². The lowest BCUT2D eigenvalue weighted by Crippen LogP contribution is -2.50. The maximum absolute atomic E-state index is 13.6. The summed E-state index contributed by atoms with van der Waals surface area (Å²) in [7, 11) is 0. The molecule has 3 aliphatic heterocycles. The first kappa shape index (κ1) is 21.7. The molecule has 0 aromatic heterocycles. The zero-order valence-corrected chi connectivity index (χ0v) is 18.7. The van der Waals surface area contributed by atoms with Gasteiger partial charge in [-0.2, -0.15) is 0 Å². The fraction of sp³-hybridized carbons (Fsp3) is 0.625. The smallest absolute Gasteiger partial charge is 0.317 e. The second-order valence-corrected chi connectivity index (χ2v) is 9.57. The Morgan fingerprint density at radius 2 is 1.65 bits per heavy atom. The van der Waals surface area contributed by atoms with Crippen LogP contribution in [0.3, 0.4) is 0 Å². The normalized spacial score (nSPS) is 25.3. The Balaban J connectivity index is 1.43. The highest BCUT2D eigenvalue weighted by atomic mass is 16.2. The first-order valence-electron chi connectivity index (χ1n) is 11.6. The summed E-state index contributed by atoms with van der Waals surface area (Å²) in [5.41, 5.74) is 0.524. The molecule has 3 heterocycles. The van der Waals surface area contributed by atoms with Crippen molar-refractivity contribution in [3.63, 3.8) is 0 Å². The molecule has 3 aliphatic rings. The fourth-order valence-electron chi connectivity index (χ4n) is 5.36. The van der Waals surface area contributed by atoms with Crippen LogP contribution in [0.2, 0.25) is 0 Å². The summed E-state index contributed by atoms with van der Waals surface area (Å²) in [4.78, 5) is 44.7. The predicted molar refractivity (Wildman–Crippen MR) is 118 cm³/mol. The molecule has 7 heteroatoms. The van der Waals surface area contributed by atoms with E-state index in [1.54, 1.807) is 4.90 Å². The zero-order chi connectivity index (χ0) is 22.0. The molecule has 1 N–H and O–H groups in total. The number of amides is 4. The Bertz CT molecular complexity index is 821. The molecule has 0 spiro atoms. The number of nitrogens with one attached hydrogen (secondary N) is 1. The average Bonchev–Trinajstić information content (AvgIpc) is 3.48. The highest BCUT2D eigenvalue weighted by molar-refractivity contribution is 5.88. The van der Waals surface area contributed by atoms with Crippen molar-refractivity contribution in [2.45, 2.75) is 33.1 Å². The van der Waals surface area contributed by atoms with E-state index >= 15 is 0 Å². The summed E-state index contributed by atoms with van der Waals surface area (Å²) in [5.74, 6) is 0.147. The van der Waals surface area contributed by atoms with E-state index in [-0.39, 0.29) is 29.7 Å². The molecule has 168 valence electrons. The van der Waals surface area contributed by atoms with Gasteiger partial charge in [-0.3, -0.25) is 9.59 Å². The van der Waals surface area contributed by atoms with Crippen LogP contribution in [0.5, 0.6) is 0 Å². The number of rotatable bonds is 5. The quantitative estimate of drug-likeness (QED) is 0.783. The van der Waals surface area contributed by atoms with Gasteiger partial charge in [-0.15, -0.1) is 0 Å². The molecule has 1 aromatic carbocycles. The lowest BCUT2D eigenvalue weighted by atomic mass is 9.79. The van der Waals surface area contributed by atoms with E-state index in [1.165, 1.54) is 5.56 Å². The third kappa shape index (κ3) is 4.27. The molecule has 3 saturated heterocycles. The molecule has 0 saturated carbocycles. The molecule has 31 heavy (non-hydrogen) atoms. The molecular formula is C24H34N4O3. The molecule has 0 unspecified atom stereocenters. The average molecular weight is 427 g/mol. The largest absolute Gasteiger partial charge is 0.342 e. The van der Waals surface area contributed by atoms with Crippen molar-refractivity contribution >= 4 is 17.8 Å². The van der Waals surface area contributed by atoms with E-state index < -0.39 is 5.41 Å². The molecular weight excluding hydrogens is 392 g/mol. The van der Waals surface area contributed by atoms with Crippen LogP contribution >= 0.6 is 0 Å². The van der Waals surface area contributed by atoms with Crippen LogP contribution in [0.4, 0.5) is 4.79 Å². The Morgan fingerprint density at radius 3 is 2.32 bits per heavy atom. The summed E-state index contributed by atoms with van der Waals surface area (Å²) >= 11 is 0. The van der Waals surface area contributed by atoms with Crippen molar-refractivity contribution in [3.8, 4) is 0 Å². The van der Waals surface area contributed by atoms with Crippen LogP contribution in [0.15, 0.2) is 30.3 Å². The summed E-state index contributed by atoms with van der Waals surface area (Å²) < 4.78 is 0. The molecule has 1 aromatic rings. The Hall–Kier alpha value is -2.57. The minimum atomic E-state index is -0.661. The highest BCUT2D eigenvalue weighted by Crippen LogP contribution is 2.44. The van der Waals surface area contributed by atoms with Gasteiger partial charge < -0.3 is 20.0 Å². The highest BCUT2D eigenvalue weighted by Gasteiger charge is 2.60. The third-order valence-corrected chi connectivity index (χ3v) is 7.05. The molecule has 4 amide bonds. The second-order valence-electron chi connectivity index (χ2n) is 9.57. The van der Waals surface area contributed by atoms with Gasteiger partial charge >= 0.3 is 6.03 Å². The minimum absolute atomic E-state index is 0.00294. The van der Waals surface area contributed by atoms with E-state index in [4.69, 9.17) is 0 Å². The van der Waals surface area contributed by atoms with Gasteiger partial charge in [0.1, 0.15) is 0 Å². The van der Waals surface area contributed by atoms with Crippen LogP contribution in [-0.2, 0) is 16.0 Å². The molecule has 4 rings (SSSR count). The number of benzene rings is 1. The van der Waals surface area contributed by atoms with Crippen molar-refractivity contribution < 1.29 is 14.4 Å². The Morgan fingerprint density at radius 1 is 1.00 bits per heavy atom. The summed E-state index contributed by atoms with van der Waals surface area (Å²) in [6.45, 7) is 7.85. The first-order chi connectivity index (χ1) is 14.9. The monoisotopic (exact) mass is 426 g/mol. The maximum atomic E-state index is 13.6. The van der Waals surface area contributed by atoms with Crippen molar-refractivity contribution in [3.05, 3.63) is 35.9 Å². The molecule has 2 atom stereocenters.